The zero-order valence-corrected chi connectivity index (χ0v) is 8.85. The molecule has 0 bridgehead atoms. The van der Waals surface area contributed by atoms with Crippen LogP contribution in [0.3, 0.4) is 0 Å². The number of halogens is 1. The van der Waals surface area contributed by atoms with Crippen molar-refractivity contribution < 1.29 is 0 Å². The van der Waals surface area contributed by atoms with E-state index in [1.807, 2.05) is 6.07 Å². The summed E-state index contributed by atoms with van der Waals surface area (Å²) in [5, 5.41) is 4.46. The van der Waals surface area contributed by atoms with Crippen LogP contribution in [0.15, 0.2) is 18.2 Å². The number of para-hydroxylation sites is 1. The minimum Gasteiger partial charge on any atom is -0.380 e. The molecule has 14 heavy (non-hydrogen) atoms. The fourth-order valence-corrected chi connectivity index (χ4v) is 3.10. The molecule has 1 fully saturated rings. The van der Waals surface area contributed by atoms with Crippen molar-refractivity contribution in [2.45, 2.75) is 37.6 Å². The predicted octanol–water partition coefficient (Wildman–Crippen LogP) is 3.79. The van der Waals surface area contributed by atoms with Crippen LogP contribution in [0.2, 0.25) is 5.02 Å². The van der Waals surface area contributed by atoms with Crippen molar-refractivity contribution in [3.63, 3.8) is 0 Å². The van der Waals surface area contributed by atoms with E-state index in [1.165, 1.54) is 36.9 Å². The molecule has 1 aliphatic heterocycles. The van der Waals surface area contributed by atoms with Gasteiger partial charge in [-0.15, -0.1) is 0 Å². The number of rotatable bonds is 0. The van der Waals surface area contributed by atoms with Gasteiger partial charge in [0.15, 0.2) is 0 Å². The molecular formula is C12H14ClN. The van der Waals surface area contributed by atoms with Gasteiger partial charge in [0.25, 0.3) is 0 Å². The largest absolute Gasteiger partial charge is 0.380 e. The third-order valence-corrected chi connectivity index (χ3v) is 3.86. The smallest absolute Gasteiger partial charge is 0.0640 e. The van der Waals surface area contributed by atoms with E-state index in [1.54, 1.807) is 0 Å². The van der Waals surface area contributed by atoms with Gasteiger partial charge < -0.3 is 5.32 Å². The van der Waals surface area contributed by atoms with Gasteiger partial charge in [-0.1, -0.05) is 36.6 Å². The summed E-state index contributed by atoms with van der Waals surface area (Å²) in [7, 11) is 0. The lowest BCUT2D eigenvalue weighted by Gasteiger charge is -2.25. The van der Waals surface area contributed by atoms with Crippen LogP contribution in [0.1, 0.15) is 37.2 Å². The molecule has 2 heteroatoms. The van der Waals surface area contributed by atoms with Crippen LogP contribution in [0.5, 0.6) is 0 Å². The minimum atomic E-state index is 0.652. The standard InChI is InChI=1S/C12H14ClN/c13-10-6-3-5-9-8-4-1-2-7-11(8)14-12(9)10/h3,5-6,8,11,14H,1-2,4,7H2. The first-order chi connectivity index (χ1) is 6.86. The van der Waals surface area contributed by atoms with Crippen molar-refractivity contribution in [3.05, 3.63) is 28.8 Å². The molecule has 1 nitrogen and oxygen atoms in total. The van der Waals surface area contributed by atoms with Crippen LogP contribution >= 0.6 is 11.6 Å². The highest BCUT2D eigenvalue weighted by molar-refractivity contribution is 6.33. The van der Waals surface area contributed by atoms with Crippen molar-refractivity contribution in [3.8, 4) is 0 Å². The molecular weight excluding hydrogens is 194 g/mol. The molecule has 0 spiro atoms. The Bertz CT molecular complexity index is 361. The average Bonchev–Trinajstić information content (AvgIpc) is 2.59. The summed E-state index contributed by atoms with van der Waals surface area (Å²) < 4.78 is 0. The Morgan fingerprint density at radius 2 is 2.07 bits per heavy atom. The Hall–Kier alpha value is -0.690. The number of nitrogens with one attached hydrogen (secondary N) is 1. The maximum Gasteiger partial charge on any atom is 0.0640 e. The second-order valence-electron chi connectivity index (χ2n) is 4.35. The van der Waals surface area contributed by atoms with Crippen molar-refractivity contribution in [1.29, 1.82) is 0 Å². The van der Waals surface area contributed by atoms with E-state index in [4.69, 9.17) is 11.6 Å². The number of anilines is 1. The van der Waals surface area contributed by atoms with E-state index in [-0.39, 0.29) is 0 Å². The maximum atomic E-state index is 6.17. The number of hydrogen-bond acceptors (Lipinski definition) is 1. The van der Waals surface area contributed by atoms with Crippen LogP contribution in [0.25, 0.3) is 0 Å². The quantitative estimate of drug-likeness (QED) is 0.683. The second kappa shape index (κ2) is 3.16. The van der Waals surface area contributed by atoms with Gasteiger partial charge in [-0.25, -0.2) is 0 Å². The first-order valence-electron chi connectivity index (χ1n) is 5.41. The van der Waals surface area contributed by atoms with Crippen molar-refractivity contribution in [2.24, 2.45) is 0 Å². The molecule has 2 atom stereocenters. The minimum absolute atomic E-state index is 0.652. The number of fused-ring (bicyclic) bond motifs is 3. The van der Waals surface area contributed by atoms with Gasteiger partial charge in [0.1, 0.15) is 0 Å². The summed E-state index contributed by atoms with van der Waals surface area (Å²) >= 11 is 6.17. The molecule has 1 aliphatic carbocycles. The molecule has 1 N–H and O–H groups in total. The van der Waals surface area contributed by atoms with Crippen LogP contribution in [0.4, 0.5) is 5.69 Å². The molecule has 0 amide bonds. The van der Waals surface area contributed by atoms with Crippen LogP contribution in [-0.2, 0) is 0 Å². The molecule has 0 aromatic heterocycles. The maximum absolute atomic E-state index is 6.17. The number of benzene rings is 1. The van der Waals surface area contributed by atoms with Gasteiger partial charge in [-0.05, 0) is 24.5 Å². The molecule has 0 radical (unpaired) electrons. The van der Waals surface area contributed by atoms with Crippen molar-refractivity contribution >= 4 is 17.3 Å². The van der Waals surface area contributed by atoms with Gasteiger partial charge in [-0.3, -0.25) is 0 Å². The molecule has 1 heterocycles. The van der Waals surface area contributed by atoms with E-state index < -0.39 is 0 Å². The first-order valence-corrected chi connectivity index (χ1v) is 5.79. The van der Waals surface area contributed by atoms with E-state index in [9.17, 15) is 0 Å². The van der Waals surface area contributed by atoms with E-state index in [0.29, 0.717) is 6.04 Å². The lowest BCUT2D eigenvalue weighted by atomic mass is 9.83. The highest BCUT2D eigenvalue weighted by Gasteiger charge is 2.34. The Kier molecular flexibility index (Phi) is 1.94. The SMILES string of the molecule is Clc1cccc2c1NC1CCCCC21. The van der Waals surface area contributed by atoms with Crippen LogP contribution in [-0.4, -0.2) is 6.04 Å². The summed E-state index contributed by atoms with van der Waals surface area (Å²) in [5.74, 6) is 0.720. The summed E-state index contributed by atoms with van der Waals surface area (Å²) in [6, 6.07) is 6.92. The topological polar surface area (TPSA) is 12.0 Å². The van der Waals surface area contributed by atoms with Gasteiger partial charge in [0, 0.05) is 12.0 Å². The second-order valence-corrected chi connectivity index (χ2v) is 4.75. The molecule has 2 aliphatic rings. The third kappa shape index (κ3) is 1.15. The highest BCUT2D eigenvalue weighted by atomic mass is 35.5. The lowest BCUT2D eigenvalue weighted by molar-refractivity contribution is 0.422. The molecule has 0 saturated heterocycles. The predicted molar refractivity (Wildman–Crippen MR) is 60.1 cm³/mol. The van der Waals surface area contributed by atoms with Crippen LogP contribution < -0.4 is 5.32 Å². The zero-order chi connectivity index (χ0) is 9.54. The third-order valence-electron chi connectivity index (χ3n) is 3.54. The van der Waals surface area contributed by atoms with E-state index in [0.717, 1.165) is 10.9 Å². The normalized spacial score (nSPS) is 29.2. The number of hydrogen-bond donors (Lipinski definition) is 1. The van der Waals surface area contributed by atoms with Gasteiger partial charge in [-0.2, -0.15) is 0 Å². The molecule has 3 rings (SSSR count). The summed E-state index contributed by atoms with van der Waals surface area (Å²) in [5.41, 5.74) is 2.65. The van der Waals surface area contributed by atoms with Crippen molar-refractivity contribution in [2.75, 3.05) is 5.32 Å². The van der Waals surface area contributed by atoms with Gasteiger partial charge in [0.05, 0.1) is 10.7 Å². The summed E-state index contributed by atoms with van der Waals surface area (Å²) in [6.07, 6.45) is 5.36. The zero-order valence-electron chi connectivity index (χ0n) is 8.09. The fourth-order valence-electron chi connectivity index (χ4n) is 2.86. The molecule has 1 aromatic rings. The first kappa shape index (κ1) is 8.60. The summed E-state index contributed by atoms with van der Waals surface area (Å²) in [6.45, 7) is 0. The lowest BCUT2D eigenvalue weighted by Crippen LogP contribution is -2.23. The Balaban J connectivity index is 2.05. The highest BCUT2D eigenvalue weighted by Crippen LogP contribution is 2.46. The molecule has 1 aromatic carbocycles. The molecule has 2 unspecified atom stereocenters. The van der Waals surface area contributed by atoms with Crippen LogP contribution in [0, 0.1) is 0 Å². The van der Waals surface area contributed by atoms with E-state index in [2.05, 4.69) is 17.4 Å². The average molecular weight is 208 g/mol. The molecule has 74 valence electrons. The monoisotopic (exact) mass is 207 g/mol. The van der Waals surface area contributed by atoms with Crippen molar-refractivity contribution in [1.82, 2.24) is 0 Å². The van der Waals surface area contributed by atoms with E-state index >= 15 is 0 Å². The Morgan fingerprint density at radius 3 is 3.00 bits per heavy atom. The van der Waals surface area contributed by atoms with Gasteiger partial charge in [0.2, 0.25) is 0 Å². The summed E-state index contributed by atoms with van der Waals surface area (Å²) in [4.78, 5) is 0. The Labute approximate surface area is 89.5 Å². The Morgan fingerprint density at radius 1 is 1.21 bits per heavy atom. The van der Waals surface area contributed by atoms with Gasteiger partial charge >= 0.3 is 0 Å². The fraction of sp³-hybridized carbons (Fsp3) is 0.500. The molecule has 1 saturated carbocycles.